The number of aromatic nitrogens is 2. The number of rotatable bonds is 1. The number of aromatic amines is 1. The summed E-state index contributed by atoms with van der Waals surface area (Å²) < 4.78 is 0. The monoisotopic (exact) mass is 258 g/mol. The van der Waals surface area contributed by atoms with Crippen molar-refractivity contribution in [3.8, 4) is 11.1 Å². The van der Waals surface area contributed by atoms with Crippen molar-refractivity contribution >= 4 is 21.9 Å². The maximum atomic E-state index is 4.42. The number of aryl methyl sites for hydroxylation is 1. The van der Waals surface area contributed by atoms with E-state index in [1.54, 1.807) is 0 Å². The molecule has 4 rings (SSSR count). The van der Waals surface area contributed by atoms with Gasteiger partial charge in [-0.25, -0.2) is 4.98 Å². The number of pyridine rings is 1. The van der Waals surface area contributed by atoms with Gasteiger partial charge in [0.1, 0.15) is 5.65 Å². The van der Waals surface area contributed by atoms with Gasteiger partial charge in [-0.2, -0.15) is 0 Å². The number of H-pyrrole nitrogens is 1. The molecular formula is C18H14N2. The molecule has 2 aromatic carbocycles. The van der Waals surface area contributed by atoms with Gasteiger partial charge >= 0.3 is 0 Å². The molecule has 0 fully saturated rings. The molecule has 4 aromatic rings. The molecule has 2 aromatic heterocycles. The fourth-order valence-electron chi connectivity index (χ4n) is 2.83. The maximum absolute atomic E-state index is 4.42. The second-order valence-corrected chi connectivity index (χ2v) is 5.12. The van der Waals surface area contributed by atoms with Crippen LogP contribution in [0.25, 0.3) is 33.1 Å². The van der Waals surface area contributed by atoms with Crippen molar-refractivity contribution in [2.24, 2.45) is 0 Å². The smallest absolute Gasteiger partial charge is 0.138 e. The molecule has 0 aliphatic heterocycles. The Bertz CT molecular complexity index is 919. The zero-order chi connectivity index (χ0) is 13.5. The fourth-order valence-corrected chi connectivity index (χ4v) is 2.83. The molecule has 0 radical (unpaired) electrons. The first-order chi connectivity index (χ1) is 9.83. The van der Waals surface area contributed by atoms with E-state index in [2.05, 4.69) is 65.4 Å². The Morgan fingerprint density at radius 3 is 2.75 bits per heavy atom. The Morgan fingerprint density at radius 2 is 1.85 bits per heavy atom. The van der Waals surface area contributed by atoms with Gasteiger partial charge in [0.2, 0.25) is 0 Å². The zero-order valence-corrected chi connectivity index (χ0v) is 11.2. The molecular weight excluding hydrogens is 244 g/mol. The number of hydrogen-bond acceptors (Lipinski definition) is 1. The van der Waals surface area contributed by atoms with Crippen LogP contribution in [0.1, 0.15) is 5.56 Å². The van der Waals surface area contributed by atoms with Crippen LogP contribution in [0.2, 0.25) is 0 Å². The van der Waals surface area contributed by atoms with E-state index >= 15 is 0 Å². The minimum atomic E-state index is 0.947. The fraction of sp³-hybridized carbons (Fsp3) is 0.0556. The van der Waals surface area contributed by atoms with Crippen molar-refractivity contribution in [2.75, 3.05) is 0 Å². The van der Waals surface area contributed by atoms with E-state index in [1.807, 2.05) is 12.3 Å². The predicted molar refractivity (Wildman–Crippen MR) is 83.8 cm³/mol. The summed E-state index contributed by atoms with van der Waals surface area (Å²) in [5.74, 6) is 0. The number of hydrogen-bond donors (Lipinski definition) is 1. The third-order valence-corrected chi connectivity index (χ3v) is 3.72. The van der Waals surface area contributed by atoms with Crippen LogP contribution in [-0.2, 0) is 0 Å². The van der Waals surface area contributed by atoms with Crippen molar-refractivity contribution in [3.05, 3.63) is 66.4 Å². The summed E-state index contributed by atoms with van der Waals surface area (Å²) in [6.45, 7) is 2.13. The summed E-state index contributed by atoms with van der Waals surface area (Å²) in [6, 6.07) is 19.1. The number of nitrogens with zero attached hydrogens (tertiary/aromatic N) is 1. The summed E-state index contributed by atoms with van der Waals surface area (Å²) in [6.07, 6.45) is 1.82. The van der Waals surface area contributed by atoms with Crippen LogP contribution in [0.3, 0.4) is 0 Å². The molecule has 0 spiro atoms. The van der Waals surface area contributed by atoms with Crippen LogP contribution in [0.5, 0.6) is 0 Å². The van der Waals surface area contributed by atoms with Crippen LogP contribution in [0.4, 0.5) is 0 Å². The highest BCUT2D eigenvalue weighted by Crippen LogP contribution is 2.33. The van der Waals surface area contributed by atoms with Gasteiger partial charge in [0, 0.05) is 22.5 Å². The molecule has 2 nitrogen and oxygen atoms in total. The lowest BCUT2D eigenvalue weighted by Crippen LogP contribution is -1.81. The Balaban J connectivity index is 2.14. The Kier molecular flexibility index (Phi) is 2.36. The molecule has 0 saturated carbocycles. The predicted octanol–water partition coefficient (Wildman–Crippen LogP) is 4.69. The summed E-state index contributed by atoms with van der Waals surface area (Å²) in [4.78, 5) is 7.81. The van der Waals surface area contributed by atoms with E-state index in [-0.39, 0.29) is 0 Å². The Hall–Kier alpha value is -2.61. The molecule has 0 aliphatic carbocycles. The van der Waals surface area contributed by atoms with Crippen LogP contribution in [-0.4, -0.2) is 9.97 Å². The first-order valence-electron chi connectivity index (χ1n) is 6.75. The van der Waals surface area contributed by atoms with Crippen LogP contribution >= 0.6 is 0 Å². The highest BCUT2D eigenvalue weighted by molar-refractivity contribution is 6.13. The summed E-state index contributed by atoms with van der Waals surface area (Å²) in [5, 5.41) is 2.43. The van der Waals surface area contributed by atoms with E-state index in [1.165, 1.54) is 27.5 Å². The first kappa shape index (κ1) is 11.2. The summed E-state index contributed by atoms with van der Waals surface area (Å²) >= 11 is 0. The standard InChI is InChI=1S/C18H14N2/c1-12-5-2-6-13(11-12)14-7-3-9-16-17(14)15-8-4-10-19-18(15)20-16/h2-11H,1H3,(H,19,20). The highest BCUT2D eigenvalue weighted by Gasteiger charge is 2.10. The van der Waals surface area contributed by atoms with Gasteiger partial charge in [-0.05, 0) is 36.2 Å². The van der Waals surface area contributed by atoms with E-state index < -0.39 is 0 Å². The van der Waals surface area contributed by atoms with E-state index in [4.69, 9.17) is 0 Å². The number of nitrogens with one attached hydrogen (secondary N) is 1. The molecule has 1 N–H and O–H groups in total. The molecule has 0 amide bonds. The van der Waals surface area contributed by atoms with Crippen molar-refractivity contribution in [3.63, 3.8) is 0 Å². The largest absolute Gasteiger partial charge is 0.339 e. The molecule has 2 heteroatoms. The van der Waals surface area contributed by atoms with Gasteiger partial charge in [0.25, 0.3) is 0 Å². The van der Waals surface area contributed by atoms with Crippen molar-refractivity contribution in [1.29, 1.82) is 0 Å². The quantitative estimate of drug-likeness (QED) is 0.527. The second kappa shape index (κ2) is 4.20. The van der Waals surface area contributed by atoms with Crippen LogP contribution < -0.4 is 0 Å². The average molecular weight is 258 g/mol. The molecule has 0 atom stereocenters. The lowest BCUT2D eigenvalue weighted by molar-refractivity contribution is 1.35. The number of benzene rings is 2. The minimum Gasteiger partial charge on any atom is -0.339 e. The zero-order valence-electron chi connectivity index (χ0n) is 11.2. The van der Waals surface area contributed by atoms with Crippen molar-refractivity contribution in [1.82, 2.24) is 9.97 Å². The average Bonchev–Trinajstić information content (AvgIpc) is 2.85. The summed E-state index contributed by atoms with van der Waals surface area (Å²) in [7, 11) is 0. The van der Waals surface area contributed by atoms with E-state index in [0.29, 0.717) is 0 Å². The van der Waals surface area contributed by atoms with Gasteiger partial charge < -0.3 is 4.98 Å². The third kappa shape index (κ3) is 1.62. The second-order valence-electron chi connectivity index (χ2n) is 5.12. The molecule has 0 aliphatic rings. The maximum Gasteiger partial charge on any atom is 0.138 e. The van der Waals surface area contributed by atoms with Crippen LogP contribution in [0, 0.1) is 6.92 Å². The minimum absolute atomic E-state index is 0.947. The van der Waals surface area contributed by atoms with Gasteiger partial charge in [-0.3, -0.25) is 0 Å². The van der Waals surface area contributed by atoms with Crippen molar-refractivity contribution < 1.29 is 0 Å². The van der Waals surface area contributed by atoms with E-state index in [0.717, 1.165) is 11.2 Å². The van der Waals surface area contributed by atoms with Gasteiger partial charge in [-0.1, -0.05) is 42.0 Å². The van der Waals surface area contributed by atoms with Gasteiger partial charge in [0.15, 0.2) is 0 Å². The van der Waals surface area contributed by atoms with Crippen LogP contribution in [0.15, 0.2) is 60.8 Å². The Morgan fingerprint density at radius 1 is 0.950 bits per heavy atom. The highest BCUT2D eigenvalue weighted by atomic mass is 14.8. The summed E-state index contributed by atoms with van der Waals surface area (Å²) in [5.41, 5.74) is 5.86. The normalized spacial score (nSPS) is 11.2. The Labute approximate surface area is 117 Å². The molecule has 20 heavy (non-hydrogen) atoms. The lowest BCUT2D eigenvalue weighted by Gasteiger charge is -2.05. The molecule has 0 bridgehead atoms. The van der Waals surface area contributed by atoms with E-state index in [9.17, 15) is 0 Å². The SMILES string of the molecule is Cc1cccc(-c2cccc3[nH]c4ncccc4c23)c1. The van der Waals surface area contributed by atoms with Gasteiger partial charge in [0.05, 0.1) is 0 Å². The topological polar surface area (TPSA) is 28.7 Å². The molecule has 0 unspecified atom stereocenters. The van der Waals surface area contributed by atoms with Gasteiger partial charge in [-0.15, -0.1) is 0 Å². The molecule has 0 saturated heterocycles. The molecule has 2 heterocycles. The lowest BCUT2D eigenvalue weighted by atomic mass is 9.99. The first-order valence-corrected chi connectivity index (χ1v) is 6.75. The third-order valence-electron chi connectivity index (χ3n) is 3.72. The van der Waals surface area contributed by atoms with Crippen molar-refractivity contribution in [2.45, 2.75) is 6.92 Å². The molecule has 96 valence electrons. The number of fused-ring (bicyclic) bond motifs is 3.